The Bertz CT molecular complexity index is 324. The van der Waals surface area contributed by atoms with Crippen LogP contribution < -0.4 is 11.1 Å². The van der Waals surface area contributed by atoms with Gasteiger partial charge in [0.1, 0.15) is 10.8 Å². The Hall–Kier alpha value is -1.23. The van der Waals surface area contributed by atoms with Gasteiger partial charge >= 0.3 is 0 Å². The summed E-state index contributed by atoms with van der Waals surface area (Å²) in [4.78, 5) is 0.340. The van der Waals surface area contributed by atoms with E-state index >= 15 is 0 Å². The molecular formula is C9H14N4S. The van der Waals surface area contributed by atoms with Gasteiger partial charge < -0.3 is 11.1 Å². The number of anilines is 1. The van der Waals surface area contributed by atoms with Crippen molar-refractivity contribution in [3.05, 3.63) is 17.8 Å². The maximum atomic E-state index is 5.47. The van der Waals surface area contributed by atoms with E-state index in [1.54, 1.807) is 12.3 Å². The zero-order chi connectivity index (χ0) is 10.6. The third-order valence-electron chi connectivity index (χ3n) is 1.63. The smallest absolute Gasteiger partial charge is 0.149 e. The van der Waals surface area contributed by atoms with Crippen LogP contribution in [0.15, 0.2) is 12.3 Å². The van der Waals surface area contributed by atoms with E-state index in [2.05, 4.69) is 29.4 Å². The Labute approximate surface area is 88.9 Å². The minimum absolute atomic E-state index is 0.340. The topological polar surface area (TPSA) is 63.8 Å². The Morgan fingerprint density at radius 1 is 1.64 bits per heavy atom. The molecule has 0 amide bonds. The molecule has 1 aromatic heterocycles. The molecule has 0 unspecified atom stereocenters. The van der Waals surface area contributed by atoms with Crippen molar-refractivity contribution in [1.82, 2.24) is 10.2 Å². The van der Waals surface area contributed by atoms with Gasteiger partial charge in [-0.2, -0.15) is 5.10 Å². The van der Waals surface area contributed by atoms with E-state index in [-0.39, 0.29) is 0 Å². The lowest BCUT2D eigenvalue weighted by Gasteiger charge is -2.07. The monoisotopic (exact) mass is 210 g/mol. The van der Waals surface area contributed by atoms with Crippen LogP contribution in [0, 0.1) is 5.92 Å². The fraction of sp³-hybridized carbons (Fsp3) is 0.444. The van der Waals surface area contributed by atoms with E-state index in [0.717, 1.165) is 12.1 Å². The lowest BCUT2D eigenvalue weighted by atomic mass is 10.2. The number of nitrogens with one attached hydrogen (secondary N) is 1. The molecule has 1 heterocycles. The summed E-state index contributed by atoms with van der Waals surface area (Å²) in [5.74, 6) is 1.27. The Balaban J connectivity index is 2.69. The molecule has 3 N–H and O–H groups in total. The molecule has 5 heteroatoms. The quantitative estimate of drug-likeness (QED) is 0.731. The molecule has 0 aromatic carbocycles. The lowest BCUT2D eigenvalue weighted by Crippen LogP contribution is -2.13. The molecule has 1 rings (SSSR count). The minimum Gasteiger partial charge on any atom is -0.389 e. The van der Waals surface area contributed by atoms with Crippen molar-refractivity contribution in [1.29, 1.82) is 0 Å². The first-order valence-electron chi connectivity index (χ1n) is 4.46. The van der Waals surface area contributed by atoms with Gasteiger partial charge in [0, 0.05) is 12.1 Å². The van der Waals surface area contributed by atoms with Gasteiger partial charge in [-0.05, 0) is 12.0 Å². The van der Waals surface area contributed by atoms with Crippen molar-refractivity contribution >= 4 is 23.0 Å². The largest absolute Gasteiger partial charge is 0.389 e. The summed E-state index contributed by atoms with van der Waals surface area (Å²) >= 11 is 4.84. The molecule has 0 radical (unpaired) electrons. The van der Waals surface area contributed by atoms with Gasteiger partial charge in [-0.25, -0.2) is 0 Å². The number of hydrogen-bond acceptors (Lipinski definition) is 4. The van der Waals surface area contributed by atoms with E-state index in [4.69, 9.17) is 18.0 Å². The second-order valence-corrected chi connectivity index (χ2v) is 3.91. The van der Waals surface area contributed by atoms with Crippen molar-refractivity contribution in [2.45, 2.75) is 13.8 Å². The Morgan fingerprint density at radius 3 is 2.93 bits per heavy atom. The van der Waals surface area contributed by atoms with Crippen LogP contribution in [0.5, 0.6) is 0 Å². The SMILES string of the molecule is CC(C)CNc1cc(C(N)=S)cnn1. The standard InChI is InChI=1S/C9H14N4S/c1-6(2)4-11-8-3-7(9(10)14)5-12-13-8/h3,5-6H,4H2,1-2H3,(H2,10,14)(H,11,13). The number of rotatable bonds is 4. The van der Waals surface area contributed by atoms with Gasteiger partial charge in [0.25, 0.3) is 0 Å². The summed E-state index contributed by atoms with van der Waals surface area (Å²) in [6.07, 6.45) is 1.56. The first-order chi connectivity index (χ1) is 6.59. The molecule has 0 aliphatic carbocycles. The van der Waals surface area contributed by atoms with Crippen LogP contribution in [0.25, 0.3) is 0 Å². The average molecular weight is 210 g/mol. The summed E-state index contributed by atoms with van der Waals surface area (Å²) in [5.41, 5.74) is 6.21. The normalized spacial score (nSPS) is 10.2. The first-order valence-corrected chi connectivity index (χ1v) is 4.87. The molecule has 76 valence electrons. The lowest BCUT2D eigenvalue weighted by molar-refractivity contribution is 0.685. The van der Waals surface area contributed by atoms with Crippen molar-refractivity contribution in [2.75, 3.05) is 11.9 Å². The molecule has 1 aromatic rings. The minimum atomic E-state index is 0.340. The molecule has 0 aliphatic heterocycles. The van der Waals surface area contributed by atoms with Crippen LogP contribution in [0.3, 0.4) is 0 Å². The van der Waals surface area contributed by atoms with Crippen LogP contribution in [0.4, 0.5) is 5.82 Å². The summed E-state index contributed by atoms with van der Waals surface area (Å²) < 4.78 is 0. The molecular weight excluding hydrogens is 196 g/mol. The third kappa shape index (κ3) is 3.26. The van der Waals surface area contributed by atoms with Crippen LogP contribution >= 0.6 is 12.2 Å². The average Bonchev–Trinajstić information content (AvgIpc) is 2.15. The van der Waals surface area contributed by atoms with E-state index in [9.17, 15) is 0 Å². The molecule has 0 spiro atoms. The zero-order valence-electron chi connectivity index (χ0n) is 8.32. The van der Waals surface area contributed by atoms with Crippen molar-refractivity contribution in [3.63, 3.8) is 0 Å². The van der Waals surface area contributed by atoms with E-state index in [1.165, 1.54) is 0 Å². The fourth-order valence-corrected chi connectivity index (χ4v) is 1.01. The molecule has 4 nitrogen and oxygen atoms in total. The van der Waals surface area contributed by atoms with Crippen molar-refractivity contribution in [2.24, 2.45) is 11.7 Å². The van der Waals surface area contributed by atoms with Crippen molar-refractivity contribution < 1.29 is 0 Å². The summed E-state index contributed by atoms with van der Waals surface area (Å²) in [6, 6.07) is 1.80. The molecule has 14 heavy (non-hydrogen) atoms. The van der Waals surface area contributed by atoms with Crippen LogP contribution in [-0.2, 0) is 0 Å². The Morgan fingerprint density at radius 2 is 2.36 bits per heavy atom. The summed E-state index contributed by atoms with van der Waals surface area (Å²) in [5, 5.41) is 10.9. The van der Waals surface area contributed by atoms with Gasteiger partial charge in [0.2, 0.25) is 0 Å². The third-order valence-corrected chi connectivity index (χ3v) is 1.87. The van der Waals surface area contributed by atoms with Crippen molar-refractivity contribution in [3.8, 4) is 0 Å². The highest BCUT2D eigenvalue weighted by Crippen LogP contribution is 2.05. The second-order valence-electron chi connectivity index (χ2n) is 3.47. The number of nitrogens with two attached hydrogens (primary N) is 1. The maximum Gasteiger partial charge on any atom is 0.149 e. The Kier molecular flexibility index (Phi) is 3.76. The van der Waals surface area contributed by atoms with Gasteiger partial charge in [0.15, 0.2) is 0 Å². The second kappa shape index (κ2) is 4.85. The van der Waals surface area contributed by atoms with Crippen LogP contribution in [-0.4, -0.2) is 21.7 Å². The van der Waals surface area contributed by atoms with E-state index in [1.807, 2.05) is 0 Å². The number of thiocarbonyl (C=S) groups is 1. The molecule has 0 fully saturated rings. The molecule has 0 saturated heterocycles. The number of nitrogens with zero attached hydrogens (tertiary/aromatic N) is 2. The highest BCUT2D eigenvalue weighted by atomic mass is 32.1. The summed E-state index contributed by atoms with van der Waals surface area (Å²) in [6.45, 7) is 5.10. The molecule has 0 saturated carbocycles. The van der Waals surface area contributed by atoms with Gasteiger partial charge in [-0.3, -0.25) is 0 Å². The molecule has 0 bridgehead atoms. The predicted molar refractivity (Wildman–Crippen MR) is 61.2 cm³/mol. The highest BCUT2D eigenvalue weighted by molar-refractivity contribution is 7.80. The molecule has 0 aliphatic rings. The van der Waals surface area contributed by atoms with Crippen LogP contribution in [0.2, 0.25) is 0 Å². The van der Waals surface area contributed by atoms with Crippen LogP contribution in [0.1, 0.15) is 19.4 Å². The molecule has 0 atom stereocenters. The maximum absolute atomic E-state index is 5.47. The number of aromatic nitrogens is 2. The number of hydrogen-bond donors (Lipinski definition) is 2. The van der Waals surface area contributed by atoms with E-state index < -0.39 is 0 Å². The summed E-state index contributed by atoms with van der Waals surface area (Å²) in [7, 11) is 0. The van der Waals surface area contributed by atoms with Gasteiger partial charge in [0.05, 0.1) is 6.20 Å². The highest BCUT2D eigenvalue weighted by Gasteiger charge is 2.01. The van der Waals surface area contributed by atoms with E-state index in [0.29, 0.717) is 16.7 Å². The van der Waals surface area contributed by atoms with Gasteiger partial charge in [-0.15, -0.1) is 5.10 Å². The first kappa shape index (κ1) is 10.8. The van der Waals surface area contributed by atoms with Gasteiger partial charge in [-0.1, -0.05) is 26.1 Å². The fourth-order valence-electron chi connectivity index (χ4n) is 0.897. The zero-order valence-corrected chi connectivity index (χ0v) is 9.14. The predicted octanol–water partition coefficient (Wildman–Crippen LogP) is 1.18.